The number of benzene rings is 3. The zero-order valence-electron chi connectivity index (χ0n) is 18.1. The molecule has 5 heteroatoms. The number of para-hydroxylation sites is 2. The van der Waals surface area contributed by atoms with E-state index < -0.39 is 7.60 Å². The SMILES string of the molecule is CCCC/C(=C\c1ccc(OC)cc1)CP(=O)(Oc1ccccc1)Oc1ccccc1. The molecule has 0 saturated heterocycles. The van der Waals surface area contributed by atoms with Gasteiger partial charge in [0.15, 0.2) is 0 Å². The van der Waals surface area contributed by atoms with E-state index in [0.717, 1.165) is 36.1 Å². The second kappa shape index (κ2) is 11.4. The van der Waals surface area contributed by atoms with Gasteiger partial charge in [-0.3, -0.25) is 0 Å². The fraction of sp³-hybridized carbons (Fsp3) is 0.231. The average molecular weight is 436 g/mol. The van der Waals surface area contributed by atoms with Gasteiger partial charge in [-0.2, -0.15) is 0 Å². The Labute approximate surface area is 185 Å². The number of hydrogen-bond donors (Lipinski definition) is 0. The molecule has 0 aromatic heterocycles. The number of ether oxygens (including phenoxy) is 1. The predicted molar refractivity (Wildman–Crippen MR) is 127 cm³/mol. The molecule has 3 aromatic carbocycles. The lowest BCUT2D eigenvalue weighted by molar-refractivity contribution is 0.388. The molecule has 0 N–H and O–H groups in total. The molecule has 0 spiro atoms. The van der Waals surface area contributed by atoms with Crippen LogP contribution < -0.4 is 13.8 Å². The first-order valence-electron chi connectivity index (χ1n) is 10.5. The van der Waals surface area contributed by atoms with Crippen LogP contribution in [0.4, 0.5) is 0 Å². The smallest absolute Gasteiger partial charge is 0.434 e. The summed E-state index contributed by atoms with van der Waals surface area (Å²) in [7, 11) is -1.86. The highest BCUT2D eigenvalue weighted by Crippen LogP contribution is 2.50. The maximum atomic E-state index is 13.9. The lowest BCUT2D eigenvalue weighted by Crippen LogP contribution is -2.07. The number of rotatable bonds is 11. The van der Waals surface area contributed by atoms with E-state index in [1.807, 2.05) is 60.7 Å². The standard InChI is InChI=1S/C26H29O4P/c1-3-4-11-23(20-22-16-18-24(28-2)19-17-22)21-31(27,29-25-12-7-5-8-13-25)30-26-14-9-6-10-15-26/h5-10,12-20H,3-4,11,21H2,1-2H3/b23-20+. The maximum Gasteiger partial charge on any atom is 0.434 e. The Kier molecular flexibility index (Phi) is 8.37. The zero-order valence-corrected chi connectivity index (χ0v) is 19.0. The van der Waals surface area contributed by atoms with E-state index in [4.69, 9.17) is 13.8 Å². The highest BCUT2D eigenvalue weighted by Gasteiger charge is 2.29. The van der Waals surface area contributed by atoms with Gasteiger partial charge in [-0.15, -0.1) is 0 Å². The number of allylic oxidation sites excluding steroid dienone is 1. The summed E-state index contributed by atoms with van der Waals surface area (Å²) < 4.78 is 31.1. The molecule has 0 aliphatic carbocycles. The van der Waals surface area contributed by atoms with Crippen LogP contribution >= 0.6 is 7.60 Å². The van der Waals surface area contributed by atoms with Gasteiger partial charge in [-0.1, -0.05) is 73.5 Å². The Bertz CT molecular complexity index is 953. The molecule has 31 heavy (non-hydrogen) atoms. The van der Waals surface area contributed by atoms with Crippen LogP contribution in [0.15, 0.2) is 90.5 Å². The maximum absolute atomic E-state index is 13.9. The summed E-state index contributed by atoms with van der Waals surface area (Å²) in [6, 6.07) is 26.2. The van der Waals surface area contributed by atoms with Crippen LogP contribution in [0.1, 0.15) is 31.7 Å². The van der Waals surface area contributed by atoms with Crippen molar-refractivity contribution in [1.82, 2.24) is 0 Å². The molecule has 0 fully saturated rings. The van der Waals surface area contributed by atoms with E-state index >= 15 is 0 Å². The van der Waals surface area contributed by atoms with Crippen molar-refractivity contribution >= 4 is 13.7 Å². The first-order chi connectivity index (χ1) is 15.1. The van der Waals surface area contributed by atoms with Crippen LogP contribution in [0.2, 0.25) is 0 Å². The third-order valence-electron chi connectivity index (χ3n) is 4.71. The van der Waals surface area contributed by atoms with Gasteiger partial charge in [-0.05, 0) is 54.8 Å². The molecule has 3 rings (SSSR count). The minimum absolute atomic E-state index is 0.211. The van der Waals surface area contributed by atoms with Crippen LogP contribution in [0.5, 0.6) is 17.2 Å². The van der Waals surface area contributed by atoms with Gasteiger partial charge in [0, 0.05) is 0 Å². The van der Waals surface area contributed by atoms with Crippen LogP contribution in [0, 0.1) is 0 Å². The fourth-order valence-electron chi connectivity index (χ4n) is 3.15. The molecule has 0 aliphatic heterocycles. The van der Waals surface area contributed by atoms with Crippen molar-refractivity contribution in [3.05, 3.63) is 96.1 Å². The number of unbranched alkanes of at least 4 members (excludes halogenated alkanes) is 1. The molecule has 0 aliphatic rings. The normalized spacial score (nSPS) is 11.7. The van der Waals surface area contributed by atoms with Gasteiger partial charge >= 0.3 is 7.60 Å². The molecule has 3 aromatic rings. The van der Waals surface area contributed by atoms with Crippen LogP contribution in [-0.2, 0) is 4.57 Å². The molecule has 0 heterocycles. The van der Waals surface area contributed by atoms with E-state index in [9.17, 15) is 4.57 Å². The van der Waals surface area contributed by atoms with Gasteiger partial charge in [0.05, 0.1) is 13.3 Å². The van der Waals surface area contributed by atoms with Crippen molar-refractivity contribution in [3.8, 4) is 17.2 Å². The summed E-state index contributed by atoms with van der Waals surface area (Å²) in [4.78, 5) is 0. The van der Waals surface area contributed by atoms with Gasteiger partial charge in [0.1, 0.15) is 17.2 Å². The number of methoxy groups -OCH3 is 1. The molecular weight excluding hydrogens is 407 g/mol. The van der Waals surface area contributed by atoms with E-state index in [-0.39, 0.29) is 6.16 Å². The van der Waals surface area contributed by atoms with Gasteiger partial charge < -0.3 is 13.8 Å². The predicted octanol–water partition coefficient (Wildman–Crippen LogP) is 7.62. The topological polar surface area (TPSA) is 44.8 Å². The van der Waals surface area contributed by atoms with Crippen molar-refractivity contribution in [2.24, 2.45) is 0 Å². The van der Waals surface area contributed by atoms with E-state index in [1.54, 1.807) is 31.4 Å². The Balaban J connectivity index is 1.90. The van der Waals surface area contributed by atoms with Crippen molar-refractivity contribution in [3.63, 3.8) is 0 Å². The minimum atomic E-state index is -3.50. The Morgan fingerprint density at radius 2 is 1.35 bits per heavy atom. The lowest BCUT2D eigenvalue weighted by atomic mass is 10.1. The molecule has 0 unspecified atom stereocenters. The average Bonchev–Trinajstić information content (AvgIpc) is 2.79. The molecule has 162 valence electrons. The molecule has 0 radical (unpaired) electrons. The number of hydrogen-bond acceptors (Lipinski definition) is 4. The van der Waals surface area contributed by atoms with Crippen molar-refractivity contribution in [1.29, 1.82) is 0 Å². The summed E-state index contributed by atoms with van der Waals surface area (Å²) in [6.45, 7) is 2.14. The summed E-state index contributed by atoms with van der Waals surface area (Å²) in [5, 5.41) is 0. The molecular formula is C26H29O4P. The fourth-order valence-corrected chi connectivity index (χ4v) is 4.95. The molecule has 0 bridgehead atoms. The Hall–Kier alpha value is -2.97. The second-order valence-electron chi connectivity index (χ2n) is 7.26. The van der Waals surface area contributed by atoms with Gasteiger partial charge in [0.2, 0.25) is 0 Å². The molecule has 0 amide bonds. The monoisotopic (exact) mass is 436 g/mol. The summed E-state index contributed by atoms with van der Waals surface area (Å²) in [5.74, 6) is 1.86. The minimum Gasteiger partial charge on any atom is -0.497 e. The van der Waals surface area contributed by atoms with Gasteiger partial charge in [0.25, 0.3) is 0 Å². The highest BCUT2D eigenvalue weighted by atomic mass is 31.2. The van der Waals surface area contributed by atoms with E-state index in [1.165, 1.54) is 0 Å². The third kappa shape index (κ3) is 7.34. The zero-order chi connectivity index (χ0) is 21.9. The Morgan fingerprint density at radius 3 is 1.84 bits per heavy atom. The molecule has 4 nitrogen and oxygen atoms in total. The molecule has 0 saturated carbocycles. The van der Waals surface area contributed by atoms with Crippen LogP contribution in [0.3, 0.4) is 0 Å². The van der Waals surface area contributed by atoms with Crippen LogP contribution in [0.25, 0.3) is 6.08 Å². The highest BCUT2D eigenvalue weighted by molar-refractivity contribution is 7.55. The summed E-state index contributed by atoms with van der Waals surface area (Å²) in [6.07, 6.45) is 5.15. The van der Waals surface area contributed by atoms with Crippen molar-refractivity contribution in [2.75, 3.05) is 13.3 Å². The molecule has 0 atom stereocenters. The second-order valence-corrected chi connectivity index (χ2v) is 9.16. The van der Waals surface area contributed by atoms with Crippen LogP contribution in [-0.4, -0.2) is 13.3 Å². The first kappa shape index (κ1) is 22.7. The Morgan fingerprint density at radius 1 is 0.806 bits per heavy atom. The first-order valence-corrected chi connectivity index (χ1v) is 12.2. The summed E-state index contributed by atoms with van der Waals surface area (Å²) >= 11 is 0. The summed E-state index contributed by atoms with van der Waals surface area (Å²) in [5.41, 5.74) is 2.06. The van der Waals surface area contributed by atoms with E-state index in [2.05, 4.69) is 13.0 Å². The quantitative estimate of drug-likeness (QED) is 0.290. The van der Waals surface area contributed by atoms with Gasteiger partial charge in [-0.25, -0.2) is 4.57 Å². The largest absolute Gasteiger partial charge is 0.497 e. The third-order valence-corrected chi connectivity index (χ3v) is 6.48. The van der Waals surface area contributed by atoms with Crippen molar-refractivity contribution < 1.29 is 18.3 Å². The van der Waals surface area contributed by atoms with E-state index in [0.29, 0.717) is 11.5 Å². The lowest BCUT2D eigenvalue weighted by Gasteiger charge is -2.21. The van der Waals surface area contributed by atoms with Crippen molar-refractivity contribution in [2.45, 2.75) is 26.2 Å².